The van der Waals surface area contributed by atoms with Crippen LogP contribution in [0.4, 0.5) is 11.4 Å². The highest BCUT2D eigenvalue weighted by Crippen LogP contribution is 2.28. The van der Waals surface area contributed by atoms with Crippen LogP contribution in [0.1, 0.15) is 16.2 Å². The van der Waals surface area contributed by atoms with Gasteiger partial charge in [-0.1, -0.05) is 5.16 Å². The summed E-state index contributed by atoms with van der Waals surface area (Å²) in [5.74, 6) is -0.991. The number of aromatic nitrogens is 1. The van der Waals surface area contributed by atoms with Gasteiger partial charge in [0, 0.05) is 18.2 Å². The quantitative estimate of drug-likeness (QED) is 0.495. The molecule has 0 saturated heterocycles. The van der Waals surface area contributed by atoms with E-state index in [1.807, 2.05) is 0 Å². The van der Waals surface area contributed by atoms with Gasteiger partial charge < -0.3 is 14.9 Å². The Kier molecular flexibility index (Phi) is 3.15. The van der Waals surface area contributed by atoms with Crippen LogP contribution < -0.4 is 5.32 Å². The molecule has 2 aromatic rings. The molecule has 0 fully saturated rings. The Labute approximate surface area is 106 Å². The van der Waals surface area contributed by atoms with E-state index in [1.165, 1.54) is 6.07 Å². The monoisotopic (exact) mass is 263 g/mol. The largest absolute Gasteiger partial charge is 0.506 e. The second-order valence-electron chi connectivity index (χ2n) is 3.75. The summed E-state index contributed by atoms with van der Waals surface area (Å²) in [6.45, 7) is 1.64. The number of hydrogen-bond acceptors (Lipinski definition) is 6. The Bertz CT molecular complexity index is 650. The molecule has 0 aliphatic heterocycles. The molecule has 8 heteroatoms. The third kappa shape index (κ3) is 2.68. The molecule has 19 heavy (non-hydrogen) atoms. The fourth-order valence-corrected chi connectivity index (χ4v) is 1.39. The molecular weight excluding hydrogens is 254 g/mol. The number of aryl methyl sites for hydroxylation is 1. The van der Waals surface area contributed by atoms with E-state index >= 15 is 0 Å². The lowest BCUT2D eigenvalue weighted by Crippen LogP contribution is -2.11. The molecule has 0 spiro atoms. The summed E-state index contributed by atoms with van der Waals surface area (Å²) in [6, 6.07) is 4.71. The van der Waals surface area contributed by atoms with E-state index < -0.39 is 10.8 Å². The molecule has 0 bridgehead atoms. The van der Waals surface area contributed by atoms with Crippen LogP contribution in [0, 0.1) is 17.0 Å². The van der Waals surface area contributed by atoms with Gasteiger partial charge in [0.05, 0.1) is 16.3 Å². The van der Waals surface area contributed by atoms with E-state index in [9.17, 15) is 20.0 Å². The van der Waals surface area contributed by atoms with E-state index in [4.69, 9.17) is 4.52 Å². The van der Waals surface area contributed by atoms with Crippen molar-refractivity contribution >= 4 is 17.3 Å². The minimum absolute atomic E-state index is 0.0524. The van der Waals surface area contributed by atoms with E-state index in [0.29, 0.717) is 5.69 Å². The van der Waals surface area contributed by atoms with Crippen LogP contribution in [0.3, 0.4) is 0 Å². The lowest BCUT2D eigenvalue weighted by atomic mass is 10.2. The number of nitrogens with one attached hydrogen (secondary N) is 1. The molecule has 0 radical (unpaired) electrons. The molecule has 2 rings (SSSR count). The van der Waals surface area contributed by atoms with Crippen molar-refractivity contribution in [1.29, 1.82) is 0 Å². The van der Waals surface area contributed by atoms with Gasteiger partial charge in [0.15, 0.2) is 0 Å². The molecule has 0 atom stereocenters. The molecule has 0 unspecified atom stereocenters. The summed E-state index contributed by atoms with van der Waals surface area (Å²) in [4.78, 5) is 21.7. The maximum absolute atomic E-state index is 11.7. The summed E-state index contributed by atoms with van der Waals surface area (Å²) in [5, 5.41) is 26.0. The van der Waals surface area contributed by atoms with Gasteiger partial charge in [-0.15, -0.1) is 0 Å². The average molecular weight is 263 g/mol. The van der Waals surface area contributed by atoms with Gasteiger partial charge in [-0.25, -0.2) is 0 Å². The van der Waals surface area contributed by atoms with Crippen molar-refractivity contribution in [2.75, 3.05) is 5.32 Å². The molecule has 1 aromatic carbocycles. The number of nitro benzene ring substituents is 1. The van der Waals surface area contributed by atoms with Crippen LogP contribution in [-0.2, 0) is 0 Å². The van der Waals surface area contributed by atoms with Gasteiger partial charge in [-0.05, 0) is 13.0 Å². The molecule has 2 N–H and O–H groups in total. The lowest BCUT2D eigenvalue weighted by molar-refractivity contribution is -0.384. The first-order chi connectivity index (χ1) is 8.97. The highest BCUT2D eigenvalue weighted by Gasteiger charge is 2.16. The summed E-state index contributed by atoms with van der Waals surface area (Å²) in [5.41, 5.74) is 0.198. The second-order valence-corrected chi connectivity index (χ2v) is 3.75. The molecule has 98 valence electrons. The zero-order chi connectivity index (χ0) is 14.0. The molecular formula is C11H9N3O5. The summed E-state index contributed by atoms with van der Waals surface area (Å²) >= 11 is 0. The van der Waals surface area contributed by atoms with Crippen LogP contribution in [0.2, 0.25) is 0 Å². The van der Waals surface area contributed by atoms with Crippen LogP contribution in [0.15, 0.2) is 28.8 Å². The predicted molar refractivity (Wildman–Crippen MR) is 64.0 cm³/mol. The Morgan fingerprint density at radius 1 is 1.47 bits per heavy atom. The van der Waals surface area contributed by atoms with Crippen molar-refractivity contribution in [3.8, 4) is 5.75 Å². The first-order valence-electron chi connectivity index (χ1n) is 5.19. The van der Waals surface area contributed by atoms with Crippen LogP contribution in [-0.4, -0.2) is 21.1 Å². The Morgan fingerprint density at radius 2 is 2.21 bits per heavy atom. The molecule has 8 nitrogen and oxygen atoms in total. The van der Waals surface area contributed by atoms with Crippen molar-refractivity contribution in [1.82, 2.24) is 5.16 Å². The maximum atomic E-state index is 11.7. The van der Waals surface area contributed by atoms with Crippen molar-refractivity contribution in [3.05, 3.63) is 45.8 Å². The van der Waals surface area contributed by atoms with Crippen molar-refractivity contribution < 1.29 is 19.3 Å². The number of nitro groups is 1. The highest BCUT2D eigenvalue weighted by molar-refractivity contribution is 6.03. The average Bonchev–Trinajstić information content (AvgIpc) is 2.78. The van der Waals surface area contributed by atoms with E-state index in [1.54, 1.807) is 6.92 Å². The number of non-ortho nitro benzene ring substituents is 1. The Balaban J connectivity index is 2.25. The number of rotatable bonds is 3. The van der Waals surface area contributed by atoms with Crippen LogP contribution in [0.25, 0.3) is 0 Å². The fraction of sp³-hybridized carbons (Fsp3) is 0.0909. The zero-order valence-corrected chi connectivity index (χ0v) is 9.78. The molecule has 1 aromatic heterocycles. The summed E-state index contributed by atoms with van der Waals surface area (Å²) < 4.78 is 4.74. The molecule has 1 amide bonds. The summed E-state index contributed by atoms with van der Waals surface area (Å²) in [7, 11) is 0. The zero-order valence-electron chi connectivity index (χ0n) is 9.78. The lowest BCUT2D eigenvalue weighted by Gasteiger charge is -2.04. The molecule has 1 heterocycles. The third-order valence-electron chi connectivity index (χ3n) is 2.29. The topological polar surface area (TPSA) is 118 Å². The van der Waals surface area contributed by atoms with Crippen molar-refractivity contribution in [2.45, 2.75) is 6.92 Å². The van der Waals surface area contributed by atoms with Gasteiger partial charge in [-0.3, -0.25) is 14.9 Å². The van der Waals surface area contributed by atoms with E-state index in [2.05, 4.69) is 10.5 Å². The minimum atomic E-state index is -0.656. The van der Waals surface area contributed by atoms with Crippen LogP contribution in [0.5, 0.6) is 5.75 Å². The number of amides is 1. The molecule has 0 saturated carbocycles. The number of phenolic OH excluding ortho intramolecular Hbond substituents is 1. The van der Waals surface area contributed by atoms with Gasteiger partial charge in [0.1, 0.15) is 5.75 Å². The van der Waals surface area contributed by atoms with E-state index in [0.717, 1.165) is 18.2 Å². The molecule has 0 aliphatic carbocycles. The van der Waals surface area contributed by atoms with Crippen LogP contribution >= 0.6 is 0 Å². The number of carbonyl (C=O) groups is 1. The first kappa shape index (κ1) is 12.6. The van der Waals surface area contributed by atoms with Gasteiger partial charge in [0.25, 0.3) is 11.6 Å². The van der Waals surface area contributed by atoms with Gasteiger partial charge in [0.2, 0.25) is 5.76 Å². The standard InChI is InChI=1S/C11H9N3O5/c1-6-4-10(19-13-6)11(16)12-8-5-7(14(17)18)2-3-9(8)15/h2-5,15H,1H3,(H,12,16). The number of hydrogen-bond donors (Lipinski definition) is 2. The maximum Gasteiger partial charge on any atom is 0.294 e. The molecule has 0 aliphatic rings. The third-order valence-corrected chi connectivity index (χ3v) is 2.29. The van der Waals surface area contributed by atoms with Crippen molar-refractivity contribution in [2.24, 2.45) is 0 Å². The number of aromatic hydroxyl groups is 1. The Hall–Kier alpha value is -2.90. The van der Waals surface area contributed by atoms with Gasteiger partial charge >= 0.3 is 0 Å². The highest BCUT2D eigenvalue weighted by atomic mass is 16.6. The fourth-order valence-electron chi connectivity index (χ4n) is 1.39. The van der Waals surface area contributed by atoms with Gasteiger partial charge in [-0.2, -0.15) is 0 Å². The second kappa shape index (κ2) is 4.77. The number of benzene rings is 1. The number of carbonyl (C=O) groups excluding carboxylic acids is 1. The smallest absolute Gasteiger partial charge is 0.294 e. The number of nitrogens with zero attached hydrogens (tertiary/aromatic N) is 2. The van der Waals surface area contributed by atoms with E-state index in [-0.39, 0.29) is 22.9 Å². The number of phenols is 1. The SMILES string of the molecule is Cc1cc(C(=O)Nc2cc([N+](=O)[O-])ccc2O)on1. The predicted octanol–water partition coefficient (Wildman–Crippen LogP) is 1.85. The summed E-state index contributed by atoms with van der Waals surface area (Å²) in [6.07, 6.45) is 0. The minimum Gasteiger partial charge on any atom is -0.506 e. The normalized spacial score (nSPS) is 10.2. The number of anilines is 1. The first-order valence-corrected chi connectivity index (χ1v) is 5.19. The van der Waals surface area contributed by atoms with Crippen molar-refractivity contribution in [3.63, 3.8) is 0 Å². The Morgan fingerprint density at radius 3 is 2.79 bits per heavy atom.